The van der Waals surface area contributed by atoms with E-state index >= 15 is 0 Å². The van der Waals surface area contributed by atoms with Gasteiger partial charge in [-0.15, -0.1) is 11.3 Å². The van der Waals surface area contributed by atoms with Gasteiger partial charge < -0.3 is 9.84 Å². The molecular weight excluding hydrogens is 248 g/mol. The molecule has 4 nitrogen and oxygen atoms in total. The molecule has 0 amide bonds. The van der Waals surface area contributed by atoms with Crippen LogP contribution >= 0.6 is 11.3 Å². The fourth-order valence-electron chi connectivity index (χ4n) is 1.93. The van der Waals surface area contributed by atoms with Crippen molar-refractivity contribution in [1.29, 1.82) is 0 Å². The van der Waals surface area contributed by atoms with Gasteiger partial charge in [0.2, 0.25) is 0 Å². The van der Waals surface area contributed by atoms with Gasteiger partial charge in [-0.3, -0.25) is 4.68 Å². The van der Waals surface area contributed by atoms with Crippen LogP contribution in [-0.2, 0) is 6.54 Å². The molecule has 0 fully saturated rings. The zero-order valence-electron chi connectivity index (χ0n) is 11.1. The van der Waals surface area contributed by atoms with Crippen molar-refractivity contribution in [3.63, 3.8) is 0 Å². The van der Waals surface area contributed by atoms with E-state index in [9.17, 15) is 5.11 Å². The number of aryl methyl sites for hydroxylation is 3. The number of thiophene rings is 1. The minimum absolute atomic E-state index is 0.632. The molecule has 18 heavy (non-hydrogen) atoms. The SMILES string of the molecule is CCn1ncc(OC)c1C(O)c1cc(C)c(C)s1. The van der Waals surface area contributed by atoms with Crippen molar-refractivity contribution in [3.8, 4) is 5.75 Å². The van der Waals surface area contributed by atoms with E-state index in [1.807, 2.05) is 13.0 Å². The third kappa shape index (κ3) is 2.15. The number of aromatic nitrogens is 2. The summed E-state index contributed by atoms with van der Waals surface area (Å²) in [6.45, 7) is 6.81. The summed E-state index contributed by atoms with van der Waals surface area (Å²) in [6.07, 6.45) is 0.967. The maximum absolute atomic E-state index is 10.5. The molecule has 0 aliphatic rings. The predicted octanol–water partition coefficient (Wildman–Crippen LogP) is 2.67. The molecule has 0 saturated heterocycles. The van der Waals surface area contributed by atoms with Crippen LogP contribution in [0.4, 0.5) is 0 Å². The second kappa shape index (κ2) is 5.12. The number of nitrogens with zero attached hydrogens (tertiary/aromatic N) is 2. The van der Waals surface area contributed by atoms with Crippen LogP contribution in [-0.4, -0.2) is 22.0 Å². The molecule has 1 unspecified atom stereocenters. The van der Waals surface area contributed by atoms with E-state index in [0.29, 0.717) is 12.3 Å². The van der Waals surface area contributed by atoms with Crippen molar-refractivity contribution in [2.24, 2.45) is 0 Å². The molecule has 5 heteroatoms. The number of ether oxygens (including phenoxy) is 1. The molecule has 0 aromatic carbocycles. The van der Waals surface area contributed by atoms with Crippen molar-refractivity contribution in [3.05, 3.63) is 33.3 Å². The summed E-state index contributed by atoms with van der Waals surface area (Å²) >= 11 is 1.61. The molecule has 0 saturated carbocycles. The zero-order valence-corrected chi connectivity index (χ0v) is 11.9. The Balaban J connectivity index is 2.44. The summed E-state index contributed by atoms with van der Waals surface area (Å²) in [6, 6.07) is 2.02. The van der Waals surface area contributed by atoms with E-state index in [2.05, 4.69) is 18.9 Å². The summed E-state index contributed by atoms with van der Waals surface area (Å²) in [5.74, 6) is 0.632. The molecule has 0 aliphatic carbocycles. The predicted molar refractivity (Wildman–Crippen MR) is 72.3 cm³/mol. The topological polar surface area (TPSA) is 47.3 Å². The number of hydrogen-bond acceptors (Lipinski definition) is 4. The highest BCUT2D eigenvalue weighted by molar-refractivity contribution is 7.12. The molecular formula is C13H18N2O2S. The second-order valence-corrected chi connectivity index (χ2v) is 5.49. The van der Waals surface area contributed by atoms with Crippen LogP contribution in [0.2, 0.25) is 0 Å². The van der Waals surface area contributed by atoms with Crippen molar-refractivity contribution in [2.75, 3.05) is 7.11 Å². The van der Waals surface area contributed by atoms with Crippen LogP contribution in [0.5, 0.6) is 5.75 Å². The zero-order chi connectivity index (χ0) is 13.3. The summed E-state index contributed by atoms with van der Waals surface area (Å²) < 4.78 is 7.04. The maximum Gasteiger partial charge on any atom is 0.163 e. The van der Waals surface area contributed by atoms with Crippen molar-refractivity contribution in [1.82, 2.24) is 9.78 Å². The van der Waals surface area contributed by atoms with Crippen molar-refractivity contribution in [2.45, 2.75) is 33.4 Å². The Hall–Kier alpha value is -1.33. The van der Waals surface area contributed by atoms with E-state index in [1.165, 1.54) is 10.4 Å². The van der Waals surface area contributed by atoms with Crippen molar-refractivity contribution >= 4 is 11.3 Å². The summed E-state index contributed by atoms with van der Waals surface area (Å²) in [5, 5.41) is 14.7. The third-order valence-corrected chi connectivity index (χ3v) is 4.28. The van der Waals surface area contributed by atoms with Crippen molar-refractivity contribution < 1.29 is 9.84 Å². The van der Waals surface area contributed by atoms with E-state index in [1.54, 1.807) is 29.3 Å². The molecule has 0 radical (unpaired) electrons. The molecule has 2 heterocycles. The Kier molecular flexibility index (Phi) is 3.73. The number of hydrogen-bond donors (Lipinski definition) is 1. The number of aliphatic hydroxyl groups excluding tert-OH is 1. The largest absolute Gasteiger partial charge is 0.493 e. The average molecular weight is 266 g/mol. The molecule has 2 rings (SSSR count). The first kappa shape index (κ1) is 13.1. The highest BCUT2D eigenvalue weighted by Gasteiger charge is 2.22. The average Bonchev–Trinajstić information content (AvgIpc) is 2.92. The molecule has 2 aromatic rings. The lowest BCUT2D eigenvalue weighted by Crippen LogP contribution is -2.09. The first-order valence-corrected chi connectivity index (χ1v) is 6.74. The molecule has 0 bridgehead atoms. The molecule has 98 valence electrons. The summed E-state index contributed by atoms with van der Waals surface area (Å²) in [7, 11) is 1.60. The first-order valence-electron chi connectivity index (χ1n) is 5.93. The van der Waals surface area contributed by atoms with Gasteiger partial charge in [0, 0.05) is 16.3 Å². The van der Waals surface area contributed by atoms with Gasteiger partial charge in [0.25, 0.3) is 0 Å². The summed E-state index contributed by atoms with van der Waals surface area (Å²) in [5.41, 5.74) is 1.93. The smallest absolute Gasteiger partial charge is 0.163 e. The maximum atomic E-state index is 10.5. The Morgan fingerprint density at radius 2 is 2.22 bits per heavy atom. The number of methoxy groups -OCH3 is 1. The van der Waals surface area contributed by atoms with E-state index in [4.69, 9.17) is 4.74 Å². The van der Waals surface area contributed by atoms with Gasteiger partial charge in [0.05, 0.1) is 13.3 Å². The van der Waals surface area contributed by atoms with Gasteiger partial charge in [-0.25, -0.2) is 0 Å². The van der Waals surface area contributed by atoms with Gasteiger partial charge >= 0.3 is 0 Å². The quantitative estimate of drug-likeness (QED) is 0.925. The summed E-state index contributed by atoms with van der Waals surface area (Å²) in [4.78, 5) is 2.16. The second-order valence-electron chi connectivity index (χ2n) is 4.20. The normalized spacial score (nSPS) is 12.7. The van der Waals surface area contributed by atoms with Gasteiger partial charge in [0.15, 0.2) is 5.75 Å². The van der Waals surface area contributed by atoms with Gasteiger partial charge in [0.1, 0.15) is 11.8 Å². The first-order chi connectivity index (χ1) is 8.58. The minimum atomic E-state index is -0.681. The van der Waals surface area contributed by atoms with E-state index in [0.717, 1.165) is 10.6 Å². The highest BCUT2D eigenvalue weighted by Crippen LogP contribution is 2.34. The fraction of sp³-hybridized carbons (Fsp3) is 0.462. The van der Waals surface area contributed by atoms with Crippen LogP contribution in [0.15, 0.2) is 12.3 Å². The number of aliphatic hydroxyl groups is 1. The van der Waals surface area contributed by atoms with Crippen LogP contribution in [0.3, 0.4) is 0 Å². The standard InChI is InChI=1S/C13H18N2O2S/c1-5-15-12(10(17-4)7-14-15)13(16)11-6-8(2)9(3)18-11/h6-7,13,16H,5H2,1-4H3. The van der Waals surface area contributed by atoms with Crippen LogP contribution in [0.1, 0.15) is 34.0 Å². The lowest BCUT2D eigenvalue weighted by atomic mass is 10.1. The molecule has 1 N–H and O–H groups in total. The monoisotopic (exact) mass is 266 g/mol. The molecule has 2 aromatic heterocycles. The lowest BCUT2D eigenvalue weighted by Gasteiger charge is -2.12. The molecule has 0 aliphatic heterocycles. The van der Waals surface area contributed by atoms with Gasteiger partial charge in [-0.2, -0.15) is 5.10 Å². The molecule has 1 atom stereocenters. The van der Waals surface area contributed by atoms with Gasteiger partial charge in [-0.05, 0) is 32.4 Å². The Bertz CT molecular complexity index is 504. The molecule has 0 spiro atoms. The van der Waals surface area contributed by atoms with E-state index in [-0.39, 0.29) is 0 Å². The minimum Gasteiger partial charge on any atom is -0.493 e. The van der Waals surface area contributed by atoms with Gasteiger partial charge in [-0.1, -0.05) is 0 Å². The van der Waals surface area contributed by atoms with Crippen LogP contribution in [0.25, 0.3) is 0 Å². The highest BCUT2D eigenvalue weighted by atomic mass is 32.1. The van der Waals surface area contributed by atoms with Crippen LogP contribution in [0, 0.1) is 13.8 Å². The lowest BCUT2D eigenvalue weighted by molar-refractivity contribution is 0.206. The fourth-order valence-corrected chi connectivity index (χ4v) is 2.97. The van der Waals surface area contributed by atoms with E-state index < -0.39 is 6.10 Å². The van der Waals surface area contributed by atoms with Crippen LogP contribution < -0.4 is 4.74 Å². The Morgan fingerprint density at radius 1 is 1.50 bits per heavy atom. The Morgan fingerprint density at radius 3 is 2.72 bits per heavy atom. The third-order valence-electron chi connectivity index (χ3n) is 3.08. The number of rotatable bonds is 4. The Labute approximate surface area is 111 Å².